The van der Waals surface area contributed by atoms with Crippen LogP contribution in [0.25, 0.3) is 11.1 Å². The Kier molecular flexibility index (Phi) is 6.61. The van der Waals surface area contributed by atoms with Gasteiger partial charge in [-0.25, -0.2) is 0 Å². The number of carbonyl (C=O) groups excluding carboxylic acids is 2. The summed E-state index contributed by atoms with van der Waals surface area (Å²) in [4.78, 5) is 31.7. The first-order chi connectivity index (χ1) is 14.0. The van der Waals surface area contributed by atoms with E-state index in [9.17, 15) is 14.7 Å². The largest absolute Gasteiger partial charge is 0.394 e. The van der Waals surface area contributed by atoms with E-state index in [0.717, 1.165) is 16.7 Å². The number of benzene rings is 1. The normalized spacial score (nSPS) is 20.8. The Labute approximate surface area is 170 Å². The van der Waals surface area contributed by atoms with Crippen LogP contribution in [0, 0.1) is 0 Å². The molecule has 0 unspecified atom stereocenters. The lowest BCUT2D eigenvalue weighted by molar-refractivity contribution is -0.152. The van der Waals surface area contributed by atoms with Crippen LogP contribution in [0.3, 0.4) is 0 Å². The number of ether oxygens (including phenoxy) is 1. The van der Waals surface area contributed by atoms with Gasteiger partial charge in [-0.2, -0.15) is 0 Å². The van der Waals surface area contributed by atoms with Gasteiger partial charge in [0.1, 0.15) is 6.61 Å². The van der Waals surface area contributed by atoms with Crippen LogP contribution in [-0.4, -0.2) is 77.7 Å². The minimum absolute atomic E-state index is 0.00278. The lowest BCUT2D eigenvalue weighted by Crippen LogP contribution is -2.68. The highest BCUT2D eigenvalue weighted by atomic mass is 16.5. The average Bonchev–Trinajstić information content (AvgIpc) is 2.71. The second-order valence-corrected chi connectivity index (χ2v) is 7.34. The number of hydrogen-bond acceptors (Lipinski definition) is 5. The summed E-state index contributed by atoms with van der Waals surface area (Å²) in [6, 6.07) is 11.5. The van der Waals surface area contributed by atoms with Gasteiger partial charge < -0.3 is 19.6 Å². The highest BCUT2D eigenvalue weighted by Gasteiger charge is 2.50. The first kappa shape index (κ1) is 21.0. The van der Waals surface area contributed by atoms with Gasteiger partial charge in [-0.1, -0.05) is 30.3 Å². The molecule has 2 heterocycles. The predicted molar refractivity (Wildman–Crippen MR) is 109 cm³/mol. The molecule has 0 aliphatic carbocycles. The predicted octanol–water partition coefficient (Wildman–Crippen LogP) is 1.53. The summed E-state index contributed by atoms with van der Waals surface area (Å²) in [7, 11) is 3.18. The quantitative estimate of drug-likeness (QED) is 0.766. The number of amides is 2. The molecular weight excluding hydrogens is 370 g/mol. The van der Waals surface area contributed by atoms with Crippen LogP contribution in [0.15, 0.2) is 48.8 Å². The number of likely N-dealkylation sites (N-methyl/N-ethyl adjacent to an activating group) is 1. The van der Waals surface area contributed by atoms with Gasteiger partial charge in [0.25, 0.3) is 0 Å². The van der Waals surface area contributed by atoms with Gasteiger partial charge in [0.2, 0.25) is 11.8 Å². The number of hydrogen-bond donors (Lipinski definition) is 1. The van der Waals surface area contributed by atoms with E-state index in [1.165, 1.54) is 14.0 Å². The van der Waals surface area contributed by atoms with Crippen molar-refractivity contribution in [3.05, 3.63) is 54.4 Å². The summed E-state index contributed by atoms with van der Waals surface area (Å²) in [5.74, 6) is -0.302. The van der Waals surface area contributed by atoms with Crippen LogP contribution in [-0.2, 0) is 14.3 Å². The van der Waals surface area contributed by atoms with Crippen molar-refractivity contribution in [3.8, 4) is 11.1 Å². The van der Waals surface area contributed by atoms with Gasteiger partial charge in [-0.3, -0.25) is 14.6 Å². The van der Waals surface area contributed by atoms with E-state index in [2.05, 4.69) is 4.98 Å². The third-order valence-corrected chi connectivity index (χ3v) is 5.54. The maximum Gasteiger partial charge on any atom is 0.248 e. The Bertz CT molecular complexity index is 841. The number of methoxy groups -OCH3 is 1. The third kappa shape index (κ3) is 4.31. The highest BCUT2D eigenvalue weighted by Crippen LogP contribution is 2.41. The second kappa shape index (κ2) is 9.15. The molecule has 154 valence electrons. The molecule has 1 aliphatic rings. The number of aliphatic hydroxyl groups excluding tert-OH is 1. The molecule has 2 amide bonds. The van der Waals surface area contributed by atoms with E-state index < -0.39 is 0 Å². The van der Waals surface area contributed by atoms with Crippen molar-refractivity contribution >= 4 is 11.8 Å². The maximum absolute atomic E-state index is 12.2. The van der Waals surface area contributed by atoms with Crippen molar-refractivity contribution < 1.29 is 19.4 Å². The van der Waals surface area contributed by atoms with Crippen molar-refractivity contribution in [1.29, 1.82) is 0 Å². The molecule has 7 nitrogen and oxygen atoms in total. The molecule has 29 heavy (non-hydrogen) atoms. The van der Waals surface area contributed by atoms with Crippen molar-refractivity contribution in [2.24, 2.45) is 0 Å². The van der Waals surface area contributed by atoms with Gasteiger partial charge in [-0.05, 0) is 22.8 Å². The van der Waals surface area contributed by atoms with Crippen molar-refractivity contribution in [2.45, 2.75) is 24.9 Å². The number of aromatic nitrogens is 1. The second-order valence-electron chi connectivity index (χ2n) is 7.34. The summed E-state index contributed by atoms with van der Waals surface area (Å²) in [6.07, 6.45) is 3.55. The van der Waals surface area contributed by atoms with Gasteiger partial charge in [0.05, 0.1) is 18.7 Å². The summed E-state index contributed by atoms with van der Waals surface area (Å²) in [6.45, 7) is 1.75. The third-order valence-electron chi connectivity index (χ3n) is 5.54. The molecule has 0 spiro atoms. The zero-order valence-corrected chi connectivity index (χ0v) is 17.0. The Morgan fingerprint density at radius 3 is 2.45 bits per heavy atom. The van der Waals surface area contributed by atoms with E-state index in [1.54, 1.807) is 23.0 Å². The minimum Gasteiger partial charge on any atom is -0.394 e. The van der Waals surface area contributed by atoms with Gasteiger partial charge in [-0.15, -0.1) is 0 Å². The Balaban J connectivity index is 1.84. The number of carbonyl (C=O) groups is 2. The first-order valence-corrected chi connectivity index (χ1v) is 9.61. The SMILES string of the molecule is COCC(=O)N(C)C[C@H]1[C@H](c2ccc(-c3cccnc3)cc2)[C@@H](CO)N1C(C)=O. The van der Waals surface area contributed by atoms with E-state index in [0.29, 0.717) is 6.54 Å². The molecule has 3 atom stereocenters. The number of rotatable bonds is 7. The molecule has 1 aliphatic heterocycles. The monoisotopic (exact) mass is 397 g/mol. The summed E-state index contributed by atoms with van der Waals surface area (Å²) in [5, 5.41) is 9.91. The number of pyridine rings is 1. The summed E-state index contributed by atoms with van der Waals surface area (Å²) < 4.78 is 4.92. The standard InChI is InChI=1S/C22H27N3O4/c1-15(27)25-19(12-24(2)21(28)14-29-3)22(20(25)13-26)17-8-6-16(7-9-17)18-5-4-10-23-11-18/h4-11,19-20,22,26H,12-14H2,1-3H3/t19-,20+,22-/m0/s1. The molecule has 0 bridgehead atoms. The fraction of sp³-hybridized carbons (Fsp3) is 0.409. The van der Waals surface area contributed by atoms with Crippen LogP contribution < -0.4 is 0 Å². The minimum atomic E-state index is -0.298. The summed E-state index contributed by atoms with van der Waals surface area (Å²) >= 11 is 0. The first-order valence-electron chi connectivity index (χ1n) is 9.61. The van der Waals surface area contributed by atoms with E-state index in [4.69, 9.17) is 4.74 Å². The Morgan fingerprint density at radius 2 is 1.90 bits per heavy atom. The van der Waals surface area contributed by atoms with E-state index >= 15 is 0 Å². The van der Waals surface area contributed by atoms with Crippen molar-refractivity contribution in [1.82, 2.24) is 14.8 Å². The molecule has 1 fully saturated rings. The molecule has 1 N–H and O–H groups in total. The molecule has 2 aromatic rings. The van der Waals surface area contributed by atoms with Crippen molar-refractivity contribution in [3.63, 3.8) is 0 Å². The Hall–Kier alpha value is -2.77. The lowest BCUT2D eigenvalue weighted by atomic mass is 9.74. The molecular formula is C22H27N3O4. The number of aliphatic hydroxyl groups is 1. The van der Waals surface area contributed by atoms with Gasteiger partial charge in [0, 0.05) is 45.9 Å². The molecule has 7 heteroatoms. The zero-order chi connectivity index (χ0) is 21.0. The molecule has 1 aromatic carbocycles. The van der Waals surface area contributed by atoms with E-state index in [-0.39, 0.29) is 43.0 Å². The zero-order valence-electron chi connectivity index (χ0n) is 17.0. The van der Waals surface area contributed by atoms with Crippen LogP contribution in [0.5, 0.6) is 0 Å². The number of likely N-dealkylation sites (tertiary alicyclic amines) is 1. The fourth-order valence-corrected chi connectivity index (χ4v) is 4.11. The molecule has 1 aromatic heterocycles. The smallest absolute Gasteiger partial charge is 0.248 e. The van der Waals surface area contributed by atoms with Crippen LogP contribution >= 0.6 is 0 Å². The molecule has 0 radical (unpaired) electrons. The average molecular weight is 397 g/mol. The van der Waals surface area contributed by atoms with Crippen LogP contribution in [0.2, 0.25) is 0 Å². The number of nitrogens with zero attached hydrogens (tertiary/aromatic N) is 3. The van der Waals surface area contributed by atoms with Crippen LogP contribution in [0.1, 0.15) is 18.4 Å². The molecule has 0 saturated carbocycles. The molecule has 1 saturated heterocycles. The van der Waals surface area contributed by atoms with Gasteiger partial charge in [0.15, 0.2) is 0 Å². The van der Waals surface area contributed by atoms with Crippen LogP contribution in [0.4, 0.5) is 0 Å². The Morgan fingerprint density at radius 1 is 1.17 bits per heavy atom. The van der Waals surface area contributed by atoms with E-state index in [1.807, 2.05) is 42.6 Å². The fourth-order valence-electron chi connectivity index (χ4n) is 4.11. The topological polar surface area (TPSA) is 83.0 Å². The summed E-state index contributed by atoms with van der Waals surface area (Å²) in [5.41, 5.74) is 3.11. The maximum atomic E-state index is 12.2. The van der Waals surface area contributed by atoms with Crippen molar-refractivity contribution in [2.75, 3.05) is 33.9 Å². The highest BCUT2D eigenvalue weighted by molar-refractivity contribution is 5.78. The molecule has 3 rings (SSSR count). The lowest BCUT2D eigenvalue weighted by Gasteiger charge is -2.55. The van der Waals surface area contributed by atoms with Gasteiger partial charge >= 0.3 is 0 Å².